The Kier molecular flexibility index (Phi) is 5.24. The molecule has 2 aromatic rings. The first-order valence-corrected chi connectivity index (χ1v) is 8.83. The van der Waals surface area contributed by atoms with Gasteiger partial charge in [0.15, 0.2) is 0 Å². The number of benzene rings is 1. The average Bonchev–Trinajstić information content (AvgIpc) is 2.85. The lowest BCUT2D eigenvalue weighted by Gasteiger charge is -2.23. The van der Waals surface area contributed by atoms with Crippen LogP contribution in [0.5, 0.6) is 5.75 Å². The number of pyridine rings is 1. The molecule has 0 saturated carbocycles. The van der Waals surface area contributed by atoms with Crippen LogP contribution in [0.4, 0.5) is 10.6 Å². The molecule has 8 nitrogen and oxygen atoms in total. The molecule has 1 aliphatic heterocycles. The van der Waals surface area contributed by atoms with E-state index in [2.05, 4.69) is 15.6 Å². The Labute approximate surface area is 166 Å². The van der Waals surface area contributed by atoms with Crippen molar-refractivity contribution in [3.05, 3.63) is 52.7 Å². The minimum atomic E-state index is -1.28. The lowest BCUT2D eigenvalue weighted by atomic mass is 9.90. The third-order valence-electron chi connectivity index (χ3n) is 4.54. The predicted octanol–water partition coefficient (Wildman–Crippen LogP) is 2.46. The molecule has 2 heterocycles. The smallest absolute Gasteiger partial charge is 0.325 e. The molecule has 1 fully saturated rings. The van der Waals surface area contributed by atoms with E-state index in [9.17, 15) is 14.4 Å². The Morgan fingerprint density at radius 1 is 1.32 bits per heavy atom. The van der Waals surface area contributed by atoms with Crippen molar-refractivity contribution < 1.29 is 19.1 Å². The van der Waals surface area contributed by atoms with Gasteiger partial charge in [-0.2, -0.15) is 0 Å². The van der Waals surface area contributed by atoms with Crippen LogP contribution in [0.2, 0.25) is 5.02 Å². The summed E-state index contributed by atoms with van der Waals surface area (Å²) >= 11 is 5.86. The Bertz CT molecular complexity index is 965. The summed E-state index contributed by atoms with van der Waals surface area (Å²) in [7, 11) is 1.56. The number of ether oxygens (including phenoxy) is 1. The first-order chi connectivity index (χ1) is 13.2. The van der Waals surface area contributed by atoms with Crippen LogP contribution in [-0.2, 0) is 15.1 Å². The number of methoxy groups -OCH3 is 1. The van der Waals surface area contributed by atoms with E-state index in [4.69, 9.17) is 16.3 Å². The van der Waals surface area contributed by atoms with Gasteiger partial charge in [0.05, 0.1) is 7.11 Å². The molecule has 0 bridgehead atoms. The highest BCUT2D eigenvalue weighted by Crippen LogP contribution is 2.31. The van der Waals surface area contributed by atoms with Crippen LogP contribution in [0.3, 0.4) is 0 Å². The van der Waals surface area contributed by atoms with Crippen LogP contribution < -0.4 is 15.4 Å². The van der Waals surface area contributed by atoms with Crippen LogP contribution in [0.25, 0.3) is 0 Å². The van der Waals surface area contributed by atoms with E-state index >= 15 is 0 Å². The van der Waals surface area contributed by atoms with E-state index in [-0.39, 0.29) is 5.82 Å². The molecule has 0 spiro atoms. The molecule has 1 unspecified atom stereocenters. The zero-order chi connectivity index (χ0) is 20.5. The molecule has 28 heavy (non-hydrogen) atoms. The number of aryl methyl sites for hydroxylation is 1. The zero-order valence-electron chi connectivity index (χ0n) is 15.6. The van der Waals surface area contributed by atoms with E-state index in [1.165, 1.54) is 12.3 Å². The molecule has 4 amide bonds. The number of amides is 4. The lowest BCUT2D eigenvalue weighted by molar-refractivity contribution is -0.133. The number of rotatable bonds is 5. The molecule has 9 heteroatoms. The lowest BCUT2D eigenvalue weighted by Crippen LogP contribution is -2.42. The normalized spacial score (nSPS) is 18.8. The van der Waals surface area contributed by atoms with Gasteiger partial charge in [0, 0.05) is 11.2 Å². The second-order valence-corrected chi connectivity index (χ2v) is 6.97. The first kappa shape index (κ1) is 19.6. The van der Waals surface area contributed by atoms with Crippen molar-refractivity contribution in [2.45, 2.75) is 19.4 Å². The van der Waals surface area contributed by atoms with Crippen molar-refractivity contribution in [2.75, 3.05) is 19.0 Å². The van der Waals surface area contributed by atoms with Crippen LogP contribution in [-0.4, -0.2) is 41.4 Å². The number of urea groups is 1. The number of carbonyl (C=O) groups excluding carboxylic acids is 3. The van der Waals surface area contributed by atoms with Gasteiger partial charge in [-0.1, -0.05) is 17.7 Å². The molecule has 1 atom stereocenters. The van der Waals surface area contributed by atoms with E-state index in [1.54, 1.807) is 38.3 Å². The van der Waals surface area contributed by atoms with Gasteiger partial charge in [-0.15, -0.1) is 0 Å². The summed E-state index contributed by atoms with van der Waals surface area (Å²) in [5, 5.41) is 5.59. The maximum Gasteiger partial charge on any atom is 0.325 e. The second-order valence-electron chi connectivity index (χ2n) is 6.54. The molecule has 146 valence electrons. The molecule has 1 aromatic carbocycles. The average molecular weight is 403 g/mol. The number of imide groups is 1. The summed E-state index contributed by atoms with van der Waals surface area (Å²) in [6, 6.07) is 7.61. The summed E-state index contributed by atoms with van der Waals surface area (Å²) in [4.78, 5) is 42.4. The minimum Gasteiger partial charge on any atom is -0.496 e. The van der Waals surface area contributed by atoms with Gasteiger partial charge in [0.2, 0.25) is 5.91 Å². The maximum absolute atomic E-state index is 12.9. The molecular formula is C19H19ClN4O4. The van der Waals surface area contributed by atoms with Gasteiger partial charge >= 0.3 is 6.03 Å². The number of nitrogens with zero attached hydrogens (tertiary/aromatic N) is 2. The SMILES string of the molecule is COc1ccc(C2(C)NC(=O)N(CC(=O)Nc3cc(Cl)ccn3)C2=O)cc1C. The van der Waals surface area contributed by atoms with E-state index in [1.807, 2.05) is 6.92 Å². The van der Waals surface area contributed by atoms with Gasteiger partial charge < -0.3 is 15.4 Å². The third kappa shape index (κ3) is 3.63. The summed E-state index contributed by atoms with van der Waals surface area (Å²) in [5.74, 6) is -0.169. The number of hydrogen-bond donors (Lipinski definition) is 2. The fourth-order valence-electron chi connectivity index (χ4n) is 3.02. The highest BCUT2D eigenvalue weighted by molar-refractivity contribution is 6.30. The molecule has 2 N–H and O–H groups in total. The fourth-order valence-corrected chi connectivity index (χ4v) is 3.18. The van der Waals surface area contributed by atoms with Crippen molar-refractivity contribution in [2.24, 2.45) is 0 Å². The fraction of sp³-hybridized carbons (Fsp3) is 0.263. The zero-order valence-corrected chi connectivity index (χ0v) is 16.3. The van der Waals surface area contributed by atoms with Crippen LogP contribution in [0.1, 0.15) is 18.1 Å². The summed E-state index contributed by atoms with van der Waals surface area (Å²) in [6.07, 6.45) is 1.44. The molecule has 1 saturated heterocycles. The van der Waals surface area contributed by atoms with Crippen molar-refractivity contribution in [1.29, 1.82) is 0 Å². The number of aromatic nitrogens is 1. The summed E-state index contributed by atoms with van der Waals surface area (Å²) < 4.78 is 5.23. The van der Waals surface area contributed by atoms with Crippen LogP contribution in [0, 0.1) is 6.92 Å². The summed E-state index contributed by atoms with van der Waals surface area (Å²) in [5.41, 5.74) is 0.151. The first-order valence-electron chi connectivity index (χ1n) is 8.45. The molecule has 0 aliphatic carbocycles. The monoisotopic (exact) mass is 402 g/mol. The Balaban J connectivity index is 1.77. The molecule has 1 aliphatic rings. The third-order valence-corrected chi connectivity index (χ3v) is 4.77. The second kappa shape index (κ2) is 7.47. The number of nitrogens with one attached hydrogen (secondary N) is 2. The standard InChI is InChI=1S/C19H19ClN4O4/c1-11-8-12(4-5-14(11)28-3)19(2)17(26)24(18(27)23-19)10-16(25)22-15-9-13(20)6-7-21-15/h4-9H,10H2,1-3H3,(H,23,27)(H,21,22,25). The topological polar surface area (TPSA) is 101 Å². The highest BCUT2D eigenvalue weighted by Gasteiger charge is 2.49. The quantitative estimate of drug-likeness (QED) is 0.748. The van der Waals surface area contributed by atoms with Crippen LogP contribution in [0.15, 0.2) is 36.5 Å². The molecule has 0 radical (unpaired) electrons. The van der Waals surface area contributed by atoms with Crippen LogP contribution >= 0.6 is 11.6 Å². The number of anilines is 1. The molecule has 1 aromatic heterocycles. The largest absolute Gasteiger partial charge is 0.496 e. The Hall–Kier alpha value is -3.13. The summed E-state index contributed by atoms with van der Waals surface area (Å²) in [6.45, 7) is 3.00. The van der Waals surface area contributed by atoms with Crippen molar-refractivity contribution in [3.63, 3.8) is 0 Å². The molecule has 3 rings (SSSR count). The number of hydrogen-bond acceptors (Lipinski definition) is 5. The van der Waals surface area contributed by atoms with Gasteiger partial charge in [-0.05, 0) is 49.2 Å². The highest BCUT2D eigenvalue weighted by atomic mass is 35.5. The van der Waals surface area contributed by atoms with E-state index in [0.29, 0.717) is 16.3 Å². The Morgan fingerprint density at radius 2 is 2.07 bits per heavy atom. The minimum absolute atomic E-state index is 0.234. The van der Waals surface area contributed by atoms with Gasteiger partial charge in [0.1, 0.15) is 23.7 Å². The van der Waals surface area contributed by atoms with E-state index in [0.717, 1.165) is 10.5 Å². The number of halogens is 1. The van der Waals surface area contributed by atoms with Crippen molar-refractivity contribution in [3.8, 4) is 5.75 Å². The number of carbonyl (C=O) groups is 3. The maximum atomic E-state index is 12.9. The Morgan fingerprint density at radius 3 is 2.71 bits per heavy atom. The van der Waals surface area contributed by atoms with Crippen molar-refractivity contribution >= 4 is 35.3 Å². The molecular weight excluding hydrogens is 384 g/mol. The predicted molar refractivity (Wildman–Crippen MR) is 103 cm³/mol. The van der Waals surface area contributed by atoms with Gasteiger partial charge in [-0.25, -0.2) is 9.78 Å². The van der Waals surface area contributed by atoms with E-state index < -0.39 is 29.9 Å². The van der Waals surface area contributed by atoms with Gasteiger partial charge in [-0.3, -0.25) is 14.5 Å². The van der Waals surface area contributed by atoms with Gasteiger partial charge in [0.25, 0.3) is 5.91 Å². The van der Waals surface area contributed by atoms with Crippen molar-refractivity contribution in [1.82, 2.24) is 15.2 Å².